The second-order valence-corrected chi connectivity index (χ2v) is 9.56. The summed E-state index contributed by atoms with van der Waals surface area (Å²) in [6.45, 7) is 3.24. The van der Waals surface area contributed by atoms with Crippen LogP contribution >= 0.6 is 11.8 Å². The highest BCUT2D eigenvalue weighted by atomic mass is 32.2. The van der Waals surface area contributed by atoms with Crippen LogP contribution in [0.4, 0.5) is 5.69 Å². The molecule has 1 aromatic heterocycles. The van der Waals surface area contributed by atoms with Gasteiger partial charge in [-0.3, -0.25) is 9.59 Å². The van der Waals surface area contributed by atoms with Gasteiger partial charge in [0.25, 0.3) is 0 Å². The van der Waals surface area contributed by atoms with Crippen molar-refractivity contribution in [1.29, 1.82) is 0 Å². The van der Waals surface area contributed by atoms with Gasteiger partial charge in [-0.25, -0.2) is 0 Å². The average molecular weight is 537 g/mol. The van der Waals surface area contributed by atoms with Gasteiger partial charge in [-0.05, 0) is 35.9 Å². The number of rotatable bonds is 10. The lowest BCUT2D eigenvalue weighted by Crippen LogP contribution is -2.49. The predicted octanol–water partition coefficient (Wildman–Crippen LogP) is 2.60. The van der Waals surface area contributed by atoms with Crippen LogP contribution in [-0.2, 0) is 23.2 Å². The van der Waals surface area contributed by atoms with Crippen molar-refractivity contribution in [3.05, 3.63) is 66.0 Å². The molecule has 11 heteroatoms. The minimum absolute atomic E-state index is 0.0841. The molecule has 1 saturated heterocycles. The lowest BCUT2D eigenvalue weighted by Gasteiger charge is -2.36. The van der Waals surface area contributed by atoms with E-state index in [9.17, 15) is 9.59 Å². The molecule has 38 heavy (non-hydrogen) atoms. The Balaban J connectivity index is 1.22. The molecule has 2 amide bonds. The van der Waals surface area contributed by atoms with Gasteiger partial charge in [0.15, 0.2) is 22.5 Å². The van der Waals surface area contributed by atoms with Crippen LogP contribution in [0.1, 0.15) is 11.4 Å². The number of piperazine rings is 1. The van der Waals surface area contributed by atoms with Gasteiger partial charge < -0.3 is 29.2 Å². The number of nitrogens with zero attached hydrogens (tertiary/aromatic N) is 5. The molecule has 200 valence electrons. The summed E-state index contributed by atoms with van der Waals surface area (Å²) in [5.41, 5.74) is 1.99. The number of benzene rings is 2. The first-order valence-corrected chi connectivity index (χ1v) is 13.2. The average Bonchev–Trinajstić information content (AvgIpc) is 3.32. The third-order valence-corrected chi connectivity index (χ3v) is 7.26. The lowest BCUT2D eigenvalue weighted by molar-refractivity contribution is -0.128. The van der Waals surface area contributed by atoms with Crippen molar-refractivity contribution in [2.45, 2.75) is 11.7 Å². The fourth-order valence-electron chi connectivity index (χ4n) is 4.05. The van der Waals surface area contributed by atoms with E-state index in [4.69, 9.17) is 9.47 Å². The number of thioether (sulfide) groups is 1. The summed E-state index contributed by atoms with van der Waals surface area (Å²) >= 11 is 1.35. The van der Waals surface area contributed by atoms with Crippen LogP contribution in [0.15, 0.2) is 59.8 Å². The Bertz CT molecular complexity index is 1270. The zero-order valence-corrected chi connectivity index (χ0v) is 22.6. The van der Waals surface area contributed by atoms with E-state index in [1.165, 1.54) is 23.5 Å². The van der Waals surface area contributed by atoms with Crippen LogP contribution < -0.4 is 19.7 Å². The molecule has 2 heterocycles. The fourth-order valence-corrected chi connectivity index (χ4v) is 4.88. The second kappa shape index (κ2) is 13.0. The van der Waals surface area contributed by atoms with E-state index in [-0.39, 0.29) is 24.1 Å². The first kappa shape index (κ1) is 27.1. The topological polar surface area (TPSA) is 102 Å². The number of anilines is 1. The van der Waals surface area contributed by atoms with E-state index in [0.29, 0.717) is 35.6 Å². The lowest BCUT2D eigenvalue weighted by atomic mass is 10.2. The Kier molecular flexibility index (Phi) is 9.26. The maximum atomic E-state index is 12.8. The Hall–Kier alpha value is -3.99. The number of ether oxygens (including phenoxy) is 2. The number of aromatic nitrogens is 3. The molecule has 0 unspecified atom stereocenters. The molecule has 3 aromatic rings. The maximum absolute atomic E-state index is 12.8. The number of carbonyl (C=O) groups excluding carboxylic acids is 2. The highest BCUT2D eigenvalue weighted by Gasteiger charge is 2.22. The van der Waals surface area contributed by atoms with Gasteiger partial charge in [-0.1, -0.05) is 36.0 Å². The van der Waals surface area contributed by atoms with Crippen LogP contribution in [0.25, 0.3) is 6.08 Å². The Morgan fingerprint density at radius 3 is 2.45 bits per heavy atom. The maximum Gasteiger partial charge on any atom is 0.244 e. The zero-order valence-electron chi connectivity index (χ0n) is 21.8. The molecule has 1 aliphatic rings. The molecular weight excluding hydrogens is 504 g/mol. The molecule has 1 aliphatic heterocycles. The highest BCUT2D eigenvalue weighted by molar-refractivity contribution is 7.99. The summed E-state index contributed by atoms with van der Waals surface area (Å²) in [5.74, 6) is 1.93. The number of hydrogen-bond acceptors (Lipinski definition) is 8. The Morgan fingerprint density at radius 2 is 1.74 bits per heavy atom. The van der Waals surface area contributed by atoms with E-state index in [0.717, 1.165) is 18.7 Å². The molecule has 2 aromatic carbocycles. The van der Waals surface area contributed by atoms with Gasteiger partial charge in [-0.2, -0.15) is 0 Å². The number of nitrogens with one attached hydrogen (secondary N) is 1. The van der Waals surface area contributed by atoms with Crippen molar-refractivity contribution in [3.63, 3.8) is 0 Å². The van der Waals surface area contributed by atoms with Gasteiger partial charge in [0.05, 0.1) is 26.5 Å². The van der Waals surface area contributed by atoms with E-state index in [1.807, 2.05) is 36.2 Å². The van der Waals surface area contributed by atoms with Crippen molar-refractivity contribution in [2.75, 3.05) is 51.1 Å². The minimum atomic E-state index is -0.262. The van der Waals surface area contributed by atoms with E-state index in [2.05, 4.69) is 32.5 Å². The third kappa shape index (κ3) is 6.86. The molecule has 10 nitrogen and oxygen atoms in total. The summed E-state index contributed by atoms with van der Waals surface area (Å²) in [4.78, 5) is 29.3. The molecule has 0 atom stereocenters. The van der Waals surface area contributed by atoms with Crippen LogP contribution in [0.2, 0.25) is 0 Å². The minimum Gasteiger partial charge on any atom is -0.493 e. The monoisotopic (exact) mass is 536 g/mol. The Morgan fingerprint density at radius 1 is 1.00 bits per heavy atom. The summed E-state index contributed by atoms with van der Waals surface area (Å²) in [7, 11) is 4.96. The molecule has 1 fully saturated rings. The van der Waals surface area contributed by atoms with Crippen LogP contribution in [-0.4, -0.2) is 77.6 Å². The summed E-state index contributed by atoms with van der Waals surface area (Å²) in [5, 5.41) is 11.8. The first-order valence-electron chi connectivity index (χ1n) is 12.2. The number of methoxy groups -OCH3 is 2. The quantitative estimate of drug-likeness (QED) is 0.312. The summed E-state index contributed by atoms with van der Waals surface area (Å²) in [6, 6.07) is 15.7. The molecule has 0 spiro atoms. The van der Waals surface area contributed by atoms with Gasteiger partial charge in [0.2, 0.25) is 11.8 Å². The van der Waals surface area contributed by atoms with Crippen molar-refractivity contribution in [2.24, 2.45) is 7.05 Å². The molecule has 0 bridgehead atoms. The predicted molar refractivity (Wildman–Crippen MR) is 147 cm³/mol. The van der Waals surface area contributed by atoms with Gasteiger partial charge in [0.1, 0.15) is 0 Å². The van der Waals surface area contributed by atoms with Gasteiger partial charge in [0, 0.05) is 45.0 Å². The molecule has 0 aliphatic carbocycles. The Labute approximate surface area is 226 Å². The number of hydrogen-bond donors (Lipinski definition) is 1. The van der Waals surface area contributed by atoms with Crippen molar-refractivity contribution in [3.8, 4) is 11.5 Å². The smallest absolute Gasteiger partial charge is 0.244 e. The highest BCUT2D eigenvalue weighted by Crippen LogP contribution is 2.28. The van der Waals surface area contributed by atoms with E-state index < -0.39 is 0 Å². The molecule has 0 radical (unpaired) electrons. The van der Waals surface area contributed by atoms with E-state index >= 15 is 0 Å². The van der Waals surface area contributed by atoms with Gasteiger partial charge in [-0.15, -0.1) is 10.2 Å². The van der Waals surface area contributed by atoms with Crippen LogP contribution in [0, 0.1) is 0 Å². The van der Waals surface area contributed by atoms with Gasteiger partial charge >= 0.3 is 0 Å². The number of para-hydroxylation sites is 1. The molecule has 1 N–H and O–H groups in total. The standard InChI is InChI=1S/C27H32N6O4S/c1-31-24(18-28-25(34)12-10-20-9-11-22(36-2)23(17-20)37-3)29-30-27(31)38-19-26(35)33-15-13-32(14-16-33)21-7-5-4-6-8-21/h4-12,17H,13-16,18-19H2,1-3H3,(H,28,34)/b12-10+. The van der Waals surface area contributed by atoms with Crippen LogP contribution in [0.5, 0.6) is 11.5 Å². The zero-order chi connectivity index (χ0) is 26.9. The molecule has 4 rings (SSSR count). The largest absolute Gasteiger partial charge is 0.493 e. The fraction of sp³-hybridized carbons (Fsp3) is 0.333. The van der Waals surface area contributed by atoms with Crippen molar-refractivity contribution >= 4 is 35.3 Å². The van der Waals surface area contributed by atoms with Crippen molar-refractivity contribution in [1.82, 2.24) is 25.0 Å². The van der Waals surface area contributed by atoms with Crippen molar-refractivity contribution < 1.29 is 19.1 Å². The summed E-state index contributed by atoms with van der Waals surface area (Å²) < 4.78 is 12.3. The van der Waals surface area contributed by atoms with Crippen LogP contribution in [0.3, 0.4) is 0 Å². The second-order valence-electron chi connectivity index (χ2n) is 8.62. The van der Waals surface area contributed by atoms with E-state index in [1.54, 1.807) is 37.0 Å². The molecule has 0 saturated carbocycles. The molecular formula is C27H32N6O4S. The third-order valence-electron chi connectivity index (χ3n) is 6.26. The normalized spacial score (nSPS) is 13.6. The first-order chi connectivity index (χ1) is 18.5. The number of carbonyl (C=O) groups is 2. The number of amides is 2. The summed E-state index contributed by atoms with van der Waals surface area (Å²) in [6.07, 6.45) is 3.14. The SMILES string of the molecule is COc1ccc(/C=C/C(=O)NCc2nnc(SCC(=O)N3CCN(c4ccccc4)CC3)n2C)cc1OC.